The van der Waals surface area contributed by atoms with Gasteiger partial charge in [0.25, 0.3) is 0 Å². The van der Waals surface area contributed by atoms with Gasteiger partial charge in [-0.05, 0) is 38.5 Å². The molecule has 23 heavy (non-hydrogen) atoms. The van der Waals surface area contributed by atoms with Crippen molar-refractivity contribution in [2.24, 2.45) is 0 Å². The van der Waals surface area contributed by atoms with Gasteiger partial charge in [-0.3, -0.25) is 0 Å². The van der Waals surface area contributed by atoms with Gasteiger partial charge in [0.2, 0.25) is 0 Å². The molecule has 0 spiro atoms. The van der Waals surface area contributed by atoms with E-state index in [-0.39, 0.29) is 6.09 Å². The normalized spacial score (nSPS) is 11.7. The fraction of sp³-hybridized carbons (Fsp3) is 0.471. The molecule has 2 aromatic rings. The third kappa shape index (κ3) is 5.15. The highest BCUT2D eigenvalue weighted by Crippen LogP contribution is 2.21. The zero-order valence-electron chi connectivity index (χ0n) is 14.1. The van der Waals surface area contributed by atoms with Gasteiger partial charge in [-0.25, -0.2) is 4.79 Å². The van der Waals surface area contributed by atoms with Crippen molar-refractivity contribution in [2.45, 2.75) is 32.9 Å². The maximum Gasteiger partial charge on any atom is 0.410 e. The van der Waals surface area contributed by atoms with E-state index in [0.29, 0.717) is 13.1 Å². The highest BCUT2D eigenvalue weighted by atomic mass is 35.5. The van der Waals surface area contributed by atoms with Crippen molar-refractivity contribution in [3.05, 3.63) is 35.0 Å². The van der Waals surface area contributed by atoms with Crippen LogP contribution >= 0.6 is 11.6 Å². The molecule has 0 fully saturated rings. The van der Waals surface area contributed by atoms with Gasteiger partial charge in [0.05, 0.1) is 0 Å². The molecule has 0 radical (unpaired) electrons. The Morgan fingerprint density at radius 1 is 1.39 bits per heavy atom. The van der Waals surface area contributed by atoms with Gasteiger partial charge in [0.1, 0.15) is 5.60 Å². The first-order chi connectivity index (χ1) is 10.8. The Labute approximate surface area is 141 Å². The fourth-order valence-corrected chi connectivity index (χ4v) is 2.38. The van der Waals surface area contributed by atoms with Crippen molar-refractivity contribution in [3.63, 3.8) is 0 Å². The lowest BCUT2D eigenvalue weighted by Gasteiger charge is -2.24. The number of aromatic nitrogens is 1. The maximum atomic E-state index is 11.8. The molecule has 1 aromatic carbocycles. The topological polar surface area (TPSA) is 57.4 Å². The lowest BCUT2D eigenvalue weighted by atomic mass is 10.2. The molecule has 2 rings (SSSR count). The van der Waals surface area contributed by atoms with Crippen LogP contribution in [0.3, 0.4) is 0 Å². The van der Waals surface area contributed by atoms with Gasteiger partial charge in [-0.15, -0.1) is 0 Å². The molecule has 1 amide bonds. The Kier molecular flexibility index (Phi) is 5.55. The Morgan fingerprint density at radius 2 is 2.13 bits per heavy atom. The molecule has 5 nitrogen and oxygen atoms in total. The van der Waals surface area contributed by atoms with Crippen molar-refractivity contribution in [1.82, 2.24) is 15.2 Å². The first-order valence-corrected chi connectivity index (χ1v) is 8.04. The molecule has 0 aliphatic heterocycles. The van der Waals surface area contributed by atoms with Crippen LogP contribution in [0, 0.1) is 0 Å². The number of carbonyl (C=O) groups is 1. The van der Waals surface area contributed by atoms with Crippen molar-refractivity contribution in [3.8, 4) is 0 Å². The molecule has 126 valence electrons. The summed E-state index contributed by atoms with van der Waals surface area (Å²) < 4.78 is 5.31. The van der Waals surface area contributed by atoms with Gasteiger partial charge in [-0.2, -0.15) is 0 Å². The molecule has 0 unspecified atom stereocenters. The van der Waals surface area contributed by atoms with Crippen LogP contribution in [0.5, 0.6) is 0 Å². The molecule has 1 heterocycles. The van der Waals surface area contributed by atoms with Gasteiger partial charge in [-0.1, -0.05) is 17.7 Å². The van der Waals surface area contributed by atoms with E-state index in [1.807, 2.05) is 45.2 Å². The van der Waals surface area contributed by atoms with Crippen LogP contribution in [0.25, 0.3) is 10.9 Å². The minimum Gasteiger partial charge on any atom is -0.444 e. The van der Waals surface area contributed by atoms with Crippen LogP contribution in [-0.2, 0) is 11.3 Å². The zero-order valence-corrected chi connectivity index (χ0v) is 14.8. The predicted octanol–water partition coefficient (Wildman–Crippen LogP) is 3.78. The van der Waals surface area contributed by atoms with E-state index in [9.17, 15) is 4.79 Å². The molecule has 0 aliphatic carbocycles. The van der Waals surface area contributed by atoms with E-state index in [0.717, 1.165) is 22.5 Å². The number of nitrogens with one attached hydrogen (secondary N) is 2. The smallest absolute Gasteiger partial charge is 0.410 e. The fourth-order valence-electron chi connectivity index (χ4n) is 2.21. The summed E-state index contributed by atoms with van der Waals surface area (Å²) in [5.41, 5.74) is 1.74. The highest BCUT2D eigenvalue weighted by molar-refractivity contribution is 6.31. The second-order valence-corrected chi connectivity index (χ2v) is 7.02. The lowest BCUT2D eigenvalue weighted by molar-refractivity contribution is 0.0300. The number of halogens is 1. The molecule has 0 atom stereocenters. The van der Waals surface area contributed by atoms with E-state index in [1.165, 1.54) is 5.56 Å². The molecule has 6 heteroatoms. The Hall–Kier alpha value is -1.72. The van der Waals surface area contributed by atoms with Crippen LogP contribution in [0.1, 0.15) is 26.3 Å². The summed E-state index contributed by atoms with van der Waals surface area (Å²) in [4.78, 5) is 16.6. The van der Waals surface area contributed by atoms with Crippen molar-refractivity contribution in [1.29, 1.82) is 0 Å². The number of fused-ring (bicyclic) bond motifs is 1. The lowest BCUT2D eigenvalue weighted by Crippen LogP contribution is -2.37. The van der Waals surface area contributed by atoms with Crippen LogP contribution in [-0.4, -0.2) is 41.7 Å². The molecular formula is C17H24ClN3O2. The summed E-state index contributed by atoms with van der Waals surface area (Å²) in [5.74, 6) is 0. The van der Waals surface area contributed by atoms with Crippen LogP contribution in [0.2, 0.25) is 5.02 Å². The predicted molar refractivity (Wildman–Crippen MR) is 93.9 cm³/mol. The third-order valence-electron chi connectivity index (χ3n) is 3.37. The number of hydrogen-bond donors (Lipinski definition) is 2. The molecular weight excluding hydrogens is 314 g/mol. The van der Waals surface area contributed by atoms with E-state index in [4.69, 9.17) is 16.3 Å². The molecule has 1 aromatic heterocycles. The average molecular weight is 338 g/mol. The van der Waals surface area contributed by atoms with Crippen molar-refractivity contribution >= 4 is 28.6 Å². The van der Waals surface area contributed by atoms with Crippen molar-refractivity contribution < 1.29 is 9.53 Å². The van der Waals surface area contributed by atoms with E-state index in [1.54, 1.807) is 11.9 Å². The van der Waals surface area contributed by atoms with Crippen LogP contribution in [0.15, 0.2) is 24.4 Å². The second kappa shape index (κ2) is 7.23. The van der Waals surface area contributed by atoms with Crippen LogP contribution in [0.4, 0.5) is 4.79 Å². The number of nitrogens with zero attached hydrogens (tertiary/aromatic N) is 1. The Bertz CT molecular complexity index is 676. The number of carbonyl (C=O) groups excluding carboxylic acids is 1. The van der Waals surface area contributed by atoms with E-state index < -0.39 is 5.60 Å². The molecule has 0 aliphatic rings. The first-order valence-electron chi connectivity index (χ1n) is 7.66. The Balaban J connectivity index is 1.79. The number of aromatic amines is 1. The summed E-state index contributed by atoms with van der Waals surface area (Å²) in [6, 6.07) is 5.81. The second-order valence-electron chi connectivity index (χ2n) is 6.58. The standard InChI is InChI=1S/C17H24ClN3O2/c1-17(2,3)23-16(22)21(4)8-7-19-10-12-11-20-15-9-13(18)5-6-14(12)15/h5-6,9,11,19-20H,7-8,10H2,1-4H3. The van der Waals surface area contributed by atoms with Gasteiger partial charge >= 0.3 is 6.09 Å². The maximum absolute atomic E-state index is 11.8. The third-order valence-corrected chi connectivity index (χ3v) is 3.61. The minimum atomic E-state index is -0.468. The quantitative estimate of drug-likeness (QED) is 0.816. The first kappa shape index (κ1) is 17.6. The van der Waals surface area contributed by atoms with Gasteiger partial charge < -0.3 is 19.9 Å². The SMILES string of the molecule is CN(CCNCc1c[nH]c2cc(Cl)ccc12)C(=O)OC(C)(C)C. The number of H-pyrrole nitrogens is 1. The largest absolute Gasteiger partial charge is 0.444 e. The van der Waals surface area contributed by atoms with Gasteiger partial charge in [0.15, 0.2) is 0 Å². The highest BCUT2D eigenvalue weighted by Gasteiger charge is 2.19. The summed E-state index contributed by atoms with van der Waals surface area (Å²) >= 11 is 5.98. The van der Waals surface area contributed by atoms with E-state index in [2.05, 4.69) is 10.3 Å². The zero-order chi connectivity index (χ0) is 17.0. The number of rotatable bonds is 5. The number of likely N-dealkylation sites (N-methyl/N-ethyl adjacent to an activating group) is 1. The average Bonchev–Trinajstić information content (AvgIpc) is 2.83. The number of ether oxygens (including phenoxy) is 1. The summed E-state index contributed by atoms with van der Waals surface area (Å²) in [5, 5.41) is 5.22. The van der Waals surface area contributed by atoms with Crippen molar-refractivity contribution in [2.75, 3.05) is 20.1 Å². The molecule has 0 saturated carbocycles. The molecule has 0 bridgehead atoms. The monoisotopic (exact) mass is 337 g/mol. The van der Waals surface area contributed by atoms with Gasteiger partial charge in [0, 0.05) is 48.8 Å². The van der Waals surface area contributed by atoms with E-state index >= 15 is 0 Å². The molecule has 2 N–H and O–H groups in total. The summed E-state index contributed by atoms with van der Waals surface area (Å²) in [6.45, 7) is 7.59. The number of benzene rings is 1. The number of amides is 1. The Morgan fingerprint density at radius 3 is 2.83 bits per heavy atom. The summed E-state index contributed by atoms with van der Waals surface area (Å²) in [6.07, 6.45) is 1.67. The van der Waals surface area contributed by atoms with Crippen LogP contribution < -0.4 is 5.32 Å². The summed E-state index contributed by atoms with van der Waals surface area (Å²) in [7, 11) is 1.74. The minimum absolute atomic E-state index is 0.305. The molecule has 0 saturated heterocycles. The number of hydrogen-bond acceptors (Lipinski definition) is 3.